The molecule has 0 aliphatic heterocycles. The third kappa shape index (κ3) is 3.77. The smallest absolute Gasteiger partial charge is 0.277 e. The fraction of sp³-hybridized carbons (Fsp3) is 0.250. The van der Waals surface area contributed by atoms with Gasteiger partial charge in [-0.3, -0.25) is 10.1 Å². The van der Waals surface area contributed by atoms with Crippen LogP contribution in [0.25, 0.3) is 0 Å². The number of aromatic nitrogens is 3. The molecule has 1 aliphatic rings. The van der Waals surface area contributed by atoms with E-state index in [1.807, 2.05) is 30.3 Å². The first kappa shape index (κ1) is 15.2. The Kier molecular flexibility index (Phi) is 4.22. The molecule has 4 rings (SSSR count). The second-order valence-corrected chi connectivity index (χ2v) is 7.49. The molecule has 2 aromatic heterocycles. The number of carbonyl (C=O) groups is 1. The summed E-state index contributed by atoms with van der Waals surface area (Å²) in [5, 5.41) is 18.1. The van der Waals surface area contributed by atoms with Crippen molar-refractivity contribution in [1.82, 2.24) is 15.2 Å². The van der Waals surface area contributed by atoms with Crippen molar-refractivity contribution >= 4 is 38.8 Å². The zero-order chi connectivity index (χ0) is 16.4. The average molecular weight is 357 g/mol. The Morgan fingerprint density at radius 1 is 1.17 bits per heavy atom. The van der Waals surface area contributed by atoms with Gasteiger partial charge in [0.05, 0.1) is 0 Å². The average Bonchev–Trinajstić information content (AvgIpc) is 3.09. The number of amides is 1. The summed E-state index contributed by atoms with van der Waals surface area (Å²) in [6.45, 7) is 0. The molecule has 0 saturated heterocycles. The van der Waals surface area contributed by atoms with Crippen molar-refractivity contribution in [2.75, 3.05) is 10.6 Å². The summed E-state index contributed by atoms with van der Waals surface area (Å²) in [4.78, 5) is 16.6. The van der Waals surface area contributed by atoms with E-state index in [9.17, 15) is 4.79 Å². The molecule has 3 aromatic rings. The van der Waals surface area contributed by atoms with Crippen molar-refractivity contribution in [1.29, 1.82) is 0 Å². The van der Waals surface area contributed by atoms with Crippen molar-refractivity contribution in [3.05, 3.63) is 52.0 Å². The van der Waals surface area contributed by atoms with Gasteiger partial charge in [0, 0.05) is 17.8 Å². The molecule has 1 fully saturated rings. The molecular weight excluding hydrogens is 342 g/mol. The lowest BCUT2D eigenvalue weighted by atomic mass is 10.2. The number of hydrogen-bond acceptors (Lipinski definition) is 7. The number of carbonyl (C=O) groups excluding carboxylic acids is 1. The van der Waals surface area contributed by atoms with E-state index in [0.29, 0.717) is 23.3 Å². The highest BCUT2D eigenvalue weighted by atomic mass is 32.1. The topological polar surface area (TPSA) is 79.8 Å². The lowest BCUT2D eigenvalue weighted by Gasteiger charge is -1.98. The van der Waals surface area contributed by atoms with Crippen LogP contribution in [0.4, 0.5) is 10.3 Å². The maximum Gasteiger partial charge on any atom is 0.277 e. The zero-order valence-electron chi connectivity index (χ0n) is 12.7. The fourth-order valence-corrected chi connectivity index (χ4v) is 3.69. The van der Waals surface area contributed by atoms with Gasteiger partial charge in [-0.1, -0.05) is 41.7 Å². The van der Waals surface area contributed by atoms with Crippen LogP contribution in [-0.2, 0) is 6.42 Å². The van der Waals surface area contributed by atoms with Gasteiger partial charge in [-0.2, -0.15) is 0 Å². The van der Waals surface area contributed by atoms with Gasteiger partial charge < -0.3 is 5.32 Å². The van der Waals surface area contributed by atoms with Crippen molar-refractivity contribution in [3.63, 3.8) is 0 Å². The van der Waals surface area contributed by atoms with Gasteiger partial charge in [0.2, 0.25) is 5.13 Å². The third-order valence-corrected chi connectivity index (χ3v) is 5.14. The van der Waals surface area contributed by atoms with Gasteiger partial charge in [-0.05, 0) is 18.4 Å². The SMILES string of the molecule is O=C(Nc1nnc(Cc2ccccc2)s1)c1csc(NC2CC2)n1. The molecule has 1 amide bonds. The van der Waals surface area contributed by atoms with E-state index >= 15 is 0 Å². The molecule has 0 atom stereocenters. The molecule has 24 heavy (non-hydrogen) atoms. The van der Waals surface area contributed by atoms with Crippen molar-refractivity contribution < 1.29 is 4.79 Å². The Morgan fingerprint density at radius 2 is 2.00 bits per heavy atom. The molecule has 6 nitrogen and oxygen atoms in total. The van der Waals surface area contributed by atoms with Gasteiger partial charge in [0.25, 0.3) is 5.91 Å². The molecule has 2 N–H and O–H groups in total. The van der Waals surface area contributed by atoms with Crippen LogP contribution in [0.2, 0.25) is 0 Å². The van der Waals surface area contributed by atoms with Gasteiger partial charge in [0.15, 0.2) is 5.13 Å². The van der Waals surface area contributed by atoms with Crippen LogP contribution >= 0.6 is 22.7 Å². The van der Waals surface area contributed by atoms with Gasteiger partial charge in [0.1, 0.15) is 10.7 Å². The maximum atomic E-state index is 12.2. The minimum absolute atomic E-state index is 0.252. The van der Waals surface area contributed by atoms with Crippen LogP contribution in [0.1, 0.15) is 33.9 Å². The van der Waals surface area contributed by atoms with E-state index < -0.39 is 0 Å². The lowest BCUT2D eigenvalue weighted by molar-refractivity contribution is 0.102. The highest BCUT2D eigenvalue weighted by Gasteiger charge is 2.22. The molecular formula is C16H15N5OS2. The predicted molar refractivity (Wildman–Crippen MR) is 95.9 cm³/mol. The van der Waals surface area contributed by atoms with E-state index in [1.165, 1.54) is 41.1 Å². The second-order valence-electron chi connectivity index (χ2n) is 5.57. The highest BCUT2D eigenvalue weighted by Crippen LogP contribution is 2.27. The molecule has 122 valence electrons. The van der Waals surface area contributed by atoms with Crippen molar-refractivity contribution in [3.8, 4) is 0 Å². The Labute approximate surface area is 147 Å². The Morgan fingerprint density at radius 3 is 2.79 bits per heavy atom. The second kappa shape index (κ2) is 6.66. The van der Waals surface area contributed by atoms with Gasteiger partial charge in [-0.25, -0.2) is 4.98 Å². The summed E-state index contributed by atoms with van der Waals surface area (Å²) in [5.74, 6) is -0.252. The van der Waals surface area contributed by atoms with Gasteiger partial charge >= 0.3 is 0 Å². The predicted octanol–water partition coefficient (Wildman–Crippen LogP) is 3.41. The van der Waals surface area contributed by atoms with Gasteiger partial charge in [-0.15, -0.1) is 21.5 Å². The third-order valence-electron chi connectivity index (χ3n) is 3.53. The van der Waals surface area contributed by atoms with E-state index in [4.69, 9.17) is 0 Å². The highest BCUT2D eigenvalue weighted by molar-refractivity contribution is 7.15. The fourth-order valence-electron chi connectivity index (χ4n) is 2.15. The Balaban J connectivity index is 1.38. The molecule has 1 aromatic carbocycles. The Hall–Kier alpha value is -2.32. The van der Waals surface area contributed by atoms with E-state index in [2.05, 4.69) is 25.8 Å². The van der Waals surface area contributed by atoms with Crippen LogP contribution in [0, 0.1) is 0 Å². The van der Waals surface area contributed by atoms with Crippen molar-refractivity contribution in [2.24, 2.45) is 0 Å². The minimum Gasteiger partial charge on any atom is -0.359 e. The summed E-state index contributed by atoms with van der Waals surface area (Å²) in [7, 11) is 0. The summed E-state index contributed by atoms with van der Waals surface area (Å²) in [6, 6.07) is 10.6. The van der Waals surface area contributed by atoms with E-state index in [0.717, 1.165) is 10.1 Å². The van der Waals surface area contributed by atoms with E-state index in [-0.39, 0.29) is 5.91 Å². The first-order valence-electron chi connectivity index (χ1n) is 7.66. The molecule has 0 spiro atoms. The summed E-state index contributed by atoms with van der Waals surface area (Å²) in [5.41, 5.74) is 1.57. The molecule has 0 unspecified atom stereocenters. The molecule has 0 bridgehead atoms. The largest absolute Gasteiger partial charge is 0.359 e. The Bertz CT molecular complexity index is 841. The normalized spacial score (nSPS) is 13.7. The molecule has 1 aliphatic carbocycles. The quantitative estimate of drug-likeness (QED) is 0.707. The molecule has 0 radical (unpaired) electrons. The molecule has 8 heteroatoms. The van der Waals surface area contributed by atoms with Crippen LogP contribution < -0.4 is 10.6 Å². The van der Waals surface area contributed by atoms with Crippen LogP contribution in [0.15, 0.2) is 35.7 Å². The number of thiazole rings is 1. The summed E-state index contributed by atoms with van der Waals surface area (Å²) < 4.78 is 0. The van der Waals surface area contributed by atoms with Crippen molar-refractivity contribution in [2.45, 2.75) is 25.3 Å². The number of hydrogen-bond donors (Lipinski definition) is 2. The monoisotopic (exact) mass is 357 g/mol. The zero-order valence-corrected chi connectivity index (χ0v) is 14.4. The van der Waals surface area contributed by atoms with E-state index in [1.54, 1.807) is 5.38 Å². The maximum absolute atomic E-state index is 12.2. The van der Waals surface area contributed by atoms with Crippen LogP contribution in [0.3, 0.4) is 0 Å². The molecule has 1 saturated carbocycles. The summed E-state index contributed by atoms with van der Waals surface area (Å²) >= 11 is 2.83. The number of nitrogens with zero attached hydrogens (tertiary/aromatic N) is 3. The van der Waals surface area contributed by atoms with Crippen LogP contribution in [0.5, 0.6) is 0 Å². The number of rotatable bonds is 6. The summed E-state index contributed by atoms with van der Waals surface area (Å²) in [6.07, 6.45) is 3.06. The number of anilines is 2. The number of nitrogens with one attached hydrogen (secondary N) is 2. The van der Waals surface area contributed by atoms with Crippen LogP contribution in [-0.4, -0.2) is 27.1 Å². The first-order chi connectivity index (χ1) is 11.8. The number of benzene rings is 1. The lowest BCUT2D eigenvalue weighted by Crippen LogP contribution is -2.12. The molecule has 2 heterocycles. The standard InChI is InChI=1S/C16H15N5OS2/c22-14(12-9-23-15(18-12)17-11-6-7-11)19-16-21-20-13(24-16)8-10-4-2-1-3-5-10/h1-5,9,11H,6-8H2,(H,17,18)(H,19,21,22). The minimum atomic E-state index is -0.252. The first-order valence-corrected chi connectivity index (χ1v) is 9.35.